The molecule has 0 aromatic rings. The molecule has 7 heteroatoms. The highest BCUT2D eigenvalue weighted by Gasteiger charge is 2.17. The van der Waals surface area contributed by atoms with Crippen LogP contribution in [0.3, 0.4) is 0 Å². The van der Waals surface area contributed by atoms with E-state index in [9.17, 15) is 9.59 Å². The standard InChI is InChI=1S/C6H14N2.C4H8O4Si/c1-5(7)6-2-3-8-4-6;1-3(5)7-9-8-4(2)6/h5-6,8H,2-4,7H2,1H3;9H2,1-2H3. The molecule has 1 aliphatic heterocycles. The Morgan fingerprint density at radius 1 is 1.35 bits per heavy atom. The molecule has 0 saturated carbocycles. The maximum atomic E-state index is 10.0. The zero-order valence-electron chi connectivity index (χ0n) is 10.7. The lowest BCUT2D eigenvalue weighted by molar-refractivity contribution is -0.136. The van der Waals surface area contributed by atoms with Crippen LogP contribution in [0.5, 0.6) is 0 Å². The van der Waals surface area contributed by atoms with Crippen molar-refractivity contribution in [3.8, 4) is 0 Å². The number of hydrogen-bond acceptors (Lipinski definition) is 6. The van der Waals surface area contributed by atoms with Crippen molar-refractivity contribution in [3.63, 3.8) is 0 Å². The number of rotatable bonds is 3. The van der Waals surface area contributed by atoms with Crippen molar-refractivity contribution < 1.29 is 18.4 Å². The van der Waals surface area contributed by atoms with E-state index in [1.165, 1.54) is 20.3 Å². The van der Waals surface area contributed by atoms with Gasteiger partial charge in [-0.05, 0) is 32.4 Å². The Kier molecular flexibility index (Phi) is 8.65. The number of hydrogen-bond donors (Lipinski definition) is 2. The molecule has 0 spiro atoms. The Hall–Kier alpha value is -0.923. The smallest absolute Gasteiger partial charge is 0.431 e. The fraction of sp³-hybridized carbons (Fsp3) is 0.800. The normalized spacial score (nSPS) is 19.9. The minimum absolute atomic E-state index is 0.380. The van der Waals surface area contributed by atoms with Crippen LogP contribution in [0.1, 0.15) is 27.2 Å². The van der Waals surface area contributed by atoms with Gasteiger partial charge in [-0.3, -0.25) is 9.59 Å². The largest absolute Gasteiger partial charge is 0.490 e. The van der Waals surface area contributed by atoms with Gasteiger partial charge in [0, 0.05) is 19.9 Å². The van der Waals surface area contributed by atoms with Gasteiger partial charge in [0.25, 0.3) is 11.9 Å². The van der Waals surface area contributed by atoms with E-state index in [0.29, 0.717) is 6.04 Å². The van der Waals surface area contributed by atoms with Gasteiger partial charge in [0.15, 0.2) is 0 Å². The third-order valence-corrected chi connectivity index (χ3v) is 3.42. The summed E-state index contributed by atoms with van der Waals surface area (Å²) in [6.45, 7) is 6.91. The van der Waals surface area contributed by atoms with Crippen molar-refractivity contribution in [2.75, 3.05) is 13.1 Å². The van der Waals surface area contributed by atoms with Crippen molar-refractivity contribution in [1.82, 2.24) is 5.32 Å². The minimum Gasteiger partial charge on any atom is -0.490 e. The summed E-state index contributed by atoms with van der Waals surface area (Å²) in [7, 11) is -1.38. The van der Waals surface area contributed by atoms with Crippen molar-refractivity contribution in [2.24, 2.45) is 11.7 Å². The Morgan fingerprint density at radius 3 is 2.12 bits per heavy atom. The van der Waals surface area contributed by atoms with Gasteiger partial charge < -0.3 is 19.9 Å². The van der Waals surface area contributed by atoms with Gasteiger partial charge in [-0.15, -0.1) is 0 Å². The third-order valence-electron chi connectivity index (χ3n) is 2.37. The SMILES string of the molecule is CC(=O)O[SiH2]OC(C)=O.CC(N)C1CCNC1. The van der Waals surface area contributed by atoms with Crippen LogP contribution in [-0.4, -0.2) is 41.1 Å². The first-order chi connectivity index (χ1) is 7.93. The highest BCUT2D eigenvalue weighted by atomic mass is 28.3. The summed E-state index contributed by atoms with van der Waals surface area (Å²) in [6.07, 6.45) is 1.26. The number of nitrogens with two attached hydrogens (primary N) is 1. The maximum absolute atomic E-state index is 10.0. The predicted molar refractivity (Wildman–Crippen MR) is 66.7 cm³/mol. The van der Waals surface area contributed by atoms with Crippen LogP contribution in [0.25, 0.3) is 0 Å². The van der Waals surface area contributed by atoms with Crippen molar-refractivity contribution in [3.05, 3.63) is 0 Å². The summed E-state index contributed by atoms with van der Waals surface area (Å²) in [4.78, 5) is 20.1. The number of carbonyl (C=O) groups is 2. The Morgan fingerprint density at radius 2 is 1.88 bits per heavy atom. The van der Waals surface area contributed by atoms with E-state index in [0.717, 1.165) is 19.0 Å². The van der Waals surface area contributed by atoms with Gasteiger partial charge in [0.2, 0.25) is 0 Å². The maximum Gasteiger partial charge on any atom is 0.431 e. The van der Waals surface area contributed by atoms with Gasteiger partial charge >= 0.3 is 10.0 Å². The first-order valence-electron chi connectivity index (χ1n) is 5.66. The quantitative estimate of drug-likeness (QED) is 0.638. The molecule has 0 aromatic heterocycles. The molecule has 100 valence electrons. The predicted octanol–water partition coefficient (Wildman–Crippen LogP) is -0.945. The molecule has 0 bridgehead atoms. The second-order valence-corrected chi connectivity index (χ2v) is 4.81. The molecule has 0 aliphatic carbocycles. The van der Waals surface area contributed by atoms with Gasteiger partial charge in [-0.2, -0.15) is 0 Å². The summed E-state index contributed by atoms with van der Waals surface area (Å²) in [5, 5.41) is 3.27. The van der Waals surface area contributed by atoms with E-state index in [2.05, 4.69) is 21.1 Å². The fourth-order valence-electron chi connectivity index (χ4n) is 1.32. The Balaban J connectivity index is 0.000000302. The Bertz CT molecular complexity index is 228. The minimum atomic E-state index is -1.38. The molecule has 1 saturated heterocycles. The van der Waals surface area contributed by atoms with Crippen LogP contribution in [0.4, 0.5) is 0 Å². The highest BCUT2D eigenvalue weighted by Crippen LogP contribution is 2.09. The molecule has 0 radical (unpaired) electrons. The lowest BCUT2D eigenvalue weighted by Gasteiger charge is -2.10. The van der Waals surface area contributed by atoms with Crippen molar-refractivity contribution in [2.45, 2.75) is 33.2 Å². The molecular weight excluding hydrogens is 240 g/mol. The monoisotopic (exact) mass is 262 g/mol. The second-order valence-electron chi connectivity index (χ2n) is 4.00. The van der Waals surface area contributed by atoms with E-state index in [-0.39, 0.29) is 0 Å². The third kappa shape index (κ3) is 9.98. The van der Waals surface area contributed by atoms with Gasteiger partial charge in [0.1, 0.15) is 0 Å². The molecule has 2 atom stereocenters. The zero-order chi connectivity index (χ0) is 13.3. The first-order valence-corrected chi connectivity index (χ1v) is 6.82. The van der Waals surface area contributed by atoms with Crippen molar-refractivity contribution >= 4 is 21.9 Å². The topological polar surface area (TPSA) is 90.7 Å². The van der Waals surface area contributed by atoms with E-state index in [1.54, 1.807) is 0 Å². The molecule has 0 aromatic carbocycles. The second kappa shape index (κ2) is 9.14. The van der Waals surface area contributed by atoms with Gasteiger partial charge in [-0.25, -0.2) is 0 Å². The molecule has 6 nitrogen and oxygen atoms in total. The summed E-state index contributed by atoms with van der Waals surface area (Å²) >= 11 is 0. The number of nitrogens with one attached hydrogen (secondary N) is 1. The molecular formula is C10H22N2O4Si. The molecule has 1 heterocycles. The summed E-state index contributed by atoms with van der Waals surface area (Å²) in [6, 6.07) is 0.380. The molecule has 2 unspecified atom stereocenters. The van der Waals surface area contributed by atoms with Crippen LogP contribution < -0.4 is 11.1 Å². The van der Waals surface area contributed by atoms with Crippen LogP contribution >= 0.6 is 0 Å². The van der Waals surface area contributed by atoms with Crippen LogP contribution in [0.15, 0.2) is 0 Å². The van der Waals surface area contributed by atoms with E-state index in [4.69, 9.17) is 5.73 Å². The van der Waals surface area contributed by atoms with E-state index in [1.807, 2.05) is 0 Å². The molecule has 1 rings (SSSR count). The van der Waals surface area contributed by atoms with Gasteiger partial charge in [-0.1, -0.05) is 0 Å². The van der Waals surface area contributed by atoms with Crippen LogP contribution in [0.2, 0.25) is 0 Å². The van der Waals surface area contributed by atoms with Crippen LogP contribution in [-0.2, 0) is 18.4 Å². The summed E-state index contributed by atoms with van der Waals surface area (Å²) in [5.41, 5.74) is 5.66. The first kappa shape index (κ1) is 16.1. The fourth-order valence-corrected chi connectivity index (χ4v) is 1.71. The number of carbonyl (C=O) groups excluding carboxylic acids is 2. The molecule has 0 amide bonds. The van der Waals surface area contributed by atoms with Crippen LogP contribution in [0, 0.1) is 5.92 Å². The summed E-state index contributed by atoms with van der Waals surface area (Å²) < 4.78 is 8.82. The molecule has 17 heavy (non-hydrogen) atoms. The summed E-state index contributed by atoms with van der Waals surface area (Å²) in [5.74, 6) is -0.0687. The Labute approximate surface area is 104 Å². The zero-order valence-corrected chi connectivity index (χ0v) is 12.1. The molecule has 3 N–H and O–H groups in total. The molecule has 1 fully saturated rings. The van der Waals surface area contributed by atoms with E-state index < -0.39 is 21.9 Å². The van der Waals surface area contributed by atoms with Gasteiger partial charge in [0.05, 0.1) is 0 Å². The molecule has 1 aliphatic rings. The average Bonchev–Trinajstić information content (AvgIpc) is 2.69. The lowest BCUT2D eigenvalue weighted by atomic mass is 10.0. The van der Waals surface area contributed by atoms with E-state index >= 15 is 0 Å². The highest BCUT2D eigenvalue weighted by molar-refractivity contribution is 6.25. The van der Waals surface area contributed by atoms with Crippen molar-refractivity contribution in [1.29, 1.82) is 0 Å². The average molecular weight is 262 g/mol. The lowest BCUT2D eigenvalue weighted by Crippen LogP contribution is -2.27.